The number of benzene rings is 1. The molecule has 20 heavy (non-hydrogen) atoms. The topological polar surface area (TPSA) is 46.6 Å². The molecule has 1 amide bonds. The fourth-order valence-electron chi connectivity index (χ4n) is 2.66. The number of allylic oxidation sites excluding steroid dienone is 1. The molecule has 1 saturated heterocycles. The number of amides is 1. The molecule has 3 atom stereocenters. The Balaban J connectivity index is 2.11. The number of halogens is 2. The van der Waals surface area contributed by atoms with Gasteiger partial charge >= 0.3 is 6.09 Å². The summed E-state index contributed by atoms with van der Waals surface area (Å²) in [6.45, 7) is 1.81. The monoisotopic (exact) mass is 399 g/mol. The smallest absolute Gasteiger partial charge is 0.415 e. The van der Waals surface area contributed by atoms with Crippen LogP contribution in [0.1, 0.15) is 6.92 Å². The molecule has 1 aromatic carbocycles. The zero-order valence-corrected chi connectivity index (χ0v) is 13.7. The number of para-hydroxylation sites is 1. The summed E-state index contributed by atoms with van der Waals surface area (Å²) in [6.07, 6.45) is 1.22. The second kappa shape index (κ2) is 4.70. The van der Waals surface area contributed by atoms with Gasteiger partial charge in [0.15, 0.2) is 11.4 Å². The number of Topliss-reactive ketones (excluding diaryl/α,β-unsaturated/α-hetero) is 1. The second-order valence-corrected chi connectivity index (χ2v) is 6.80. The third kappa shape index (κ3) is 1.93. The first-order valence-electron chi connectivity index (χ1n) is 6.08. The Morgan fingerprint density at radius 3 is 2.55 bits per heavy atom. The van der Waals surface area contributed by atoms with E-state index in [9.17, 15) is 9.59 Å². The summed E-state index contributed by atoms with van der Waals surface area (Å²) in [5, 5.41) is 0. The zero-order chi connectivity index (χ0) is 14.5. The van der Waals surface area contributed by atoms with E-state index in [4.69, 9.17) is 4.74 Å². The average molecular weight is 401 g/mol. The molecule has 0 spiro atoms. The van der Waals surface area contributed by atoms with E-state index in [2.05, 4.69) is 31.9 Å². The third-order valence-electron chi connectivity index (χ3n) is 3.58. The molecule has 1 fully saturated rings. The van der Waals surface area contributed by atoms with E-state index in [-0.39, 0.29) is 5.78 Å². The number of alkyl halides is 1. The Morgan fingerprint density at radius 2 is 1.90 bits per heavy atom. The van der Waals surface area contributed by atoms with Crippen molar-refractivity contribution in [2.75, 3.05) is 4.90 Å². The number of hydrogen-bond acceptors (Lipinski definition) is 3. The van der Waals surface area contributed by atoms with Gasteiger partial charge in [-0.2, -0.15) is 0 Å². The summed E-state index contributed by atoms with van der Waals surface area (Å²) in [7, 11) is 0. The van der Waals surface area contributed by atoms with Gasteiger partial charge in [-0.25, -0.2) is 4.79 Å². The van der Waals surface area contributed by atoms with Crippen LogP contribution >= 0.6 is 31.9 Å². The van der Waals surface area contributed by atoms with Crippen molar-refractivity contribution in [1.82, 2.24) is 0 Å². The molecule has 0 bridgehead atoms. The molecule has 1 aliphatic carbocycles. The summed E-state index contributed by atoms with van der Waals surface area (Å²) in [4.78, 5) is 25.4. The lowest BCUT2D eigenvalue weighted by atomic mass is 9.86. The first kappa shape index (κ1) is 13.8. The largest absolute Gasteiger partial charge is 0.436 e. The predicted molar refractivity (Wildman–Crippen MR) is 82.3 cm³/mol. The first-order valence-corrected chi connectivity index (χ1v) is 7.79. The molecular weight excluding hydrogens is 390 g/mol. The maximum Gasteiger partial charge on any atom is 0.415 e. The van der Waals surface area contributed by atoms with Crippen LogP contribution < -0.4 is 4.90 Å². The normalized spacial score (nSPS) is 32.8. The molecule has 6 heteroatoms. The number of rotatable bonds is 1. The van der Waals surface area contributed by atoms with E-state index in [0.717, 1.165) is 5.69 Å². The summed E-state index contributed by atoms with van der Waals surface area (Å²) < 4.78 is 5.94. The molecule has 1 heterocycles. The molecule has 3 rings (SSSR count). The molecule has 104 valence electrons. The summed E-state index contributed by atoms with van der Waals surface area (Å²) in [5.74, 6) is -0.0910. The summed E-state index contributed by atoms with van der Waals surface area (Å²) in [6, 6.07) is 8.80. The molecule has 0 saturated carbocycles. The maximum absolute atomic E-state index is 12.2. The van der Waals surface area contributed by atoms with Crippen LogP contribution in [0, 0.1) is 0 Å². The van der Waals surface area contributed by atoms with Crippen LogP contribution in [0.4, 0.5) is 10.5 Å². The predicted octanol–water partition coefficient (Wildman–Crippen LogP) is 3.40. The first-order chi connectivity index (χ1) is 9.44. The van der Waals surface area contributed by atoms with Gasteiger partial charge in [0, 0.05) is 5.69 Å². The van der Waals surface area contributed by atoms with Crippen LogP contribution in [0.25, 0.3) is 0 Å². The minimum absolute atomic E-state index is 0.0910. The van der Waals surface area contributed by atoms with E-state index < -0.39 is 22.6 Å². The molecule has 1 aliphatic heterocycles. The van der Waals surface area contributed by atoms with E-state index in [1.807, 2.05) is 30.3 Å². The van der Waals surface area contributed by atoms with Gasteiger partial charge in [-0.3, -0.25) is 9.69 Å². The van der Waals surface area contributed by atoms with Gasteiger partial charge in [-0.05, 0) is 41.1 Å². The lowest BCUT2D eigenvalue weighted by Gasteiger charge is -2.35. The van der Waals surface area contributed by atoms with Crippen molar-refractivity contribution < 1.29 is 14.3 Å². The highest BCUT2D eigenvalue weighted by Gasteiger charge is 2.57. The van der Waals surface area contributed by atoms with E-state index >= 15 is 0 Å². The molecule has 0 N–H and O–H groups in total. The molecular formula is C14H11Br2NO3. The van der Waals surface area contributed by atoms with Crippen LogP contribution in [-0.4, -0.2) is 28.3 Å². The van der Waals surface area contributed by atoms with Crippen molar-refractivity contribution in [1.29, 1.82) is 0 Å². The fraction of sp³-hybridized carbons (Fsp3) is 0.286. The molecule has 1 unspecified atom stereocenters. The van der Waals surface area contributed by atoms with Crippen molar-refractivity contribution in [2.45, 2.75) is 23.4 Å². The highest BCUT2D eigenvalue weighted by atomic mass is 79.9. The van der Waals surface area contributed by atoms with Gasteiger partial charge in [0.2, 0.25) is 0 Å². The van der Waals surface area contributed by atoms with E-state index in [1.54, 1.807) is 13.0 Å². The van der Waals surface area contributed by atoms with Crippen LogP contribution in [0.5, 0.6) is 0 Å². The maximum atomic E-state index is 12.2. The zero-order valence-electron chi connectivity index (χ0n) is 10.5. The van der Waals surface area contributed by atoms with Crippen molar-refractivity contribution in [3.8, 4) is 0 Å². The number of hydrogen-bond donors (Lipinski definition) is 0. The number of nitrogens with zero attached hydrogens (tertiary/aromatic N) is 1. The van der Waals surface area contributed by atoms with Gasteiger partial charge in [0.05, 0.1) is 4.48 Å². The van der Waals surface area contributed by atoms with Gasteiger partial charge < -0.3 is 4.74 Å². The van der Waals surface area contributed by atoms with Crippen molar-refractivity contribution in [3.63, 3.8) is 0 Å². The van der Waals surface area contributed by atoms with Crippen molar-refractivity contribution in [3.05, 3.63) is 40.9 Å². The van der Waals surface area contributed by atoms with Gasteiger partial charge in [-0.15, -0.1) is 0 Å². The molecule has 1 aromatic rings. The second-order valence-electron chi connectivity index (χ2n) is 4.96. The highest BCUT2D eigenvalue weighted by Crippen LogP contribution is 2.43. The minimum atomic E-state index is -0.839. The summed E-state index contributed by atoms with van der Waals surface area (Å²) >= 11 is 6.64. The molecule has 0 aromatic heterocycles. The lowest BCUT2D eigenvalue weighted by molar-refractivity contribution is -0.115. The average Bonchev–Trinajstić information content (AvgIpc) is 2.68. The minimum Gasteiger partial charge on any atom is -0.436 e. The lowest BCUT2D eigenvalue weighted by Crippen LogP contribution is -2.53. The third-order valence-corrected chi connectivity index (χ3v) is 5.12. The van der Waals surface area contributed by atoms with Gasteiger partial charge in [-0.1, -0.05) is 34.1 Å². The van der Waals surface area contributed by atoms with Crippen molar-refractivity contribution in [2.24, 2.45) is 0 Å². The fourth-order valence-corrected chi connectivity index (χ4v) is 4.67. The molecule has 0 radical (unpaired) electrons. The Morgan fingerprint density at radius 1 is 1.25 bits per heavy atom. The number of ketones is 1. The van der Waals surface area contributed by atoms with Crippen LogP contribution in [0.2, 0.25) is 0 Å². The Hall–Kier alpha value is -1.14. The number of carbonyl (C=O) groups excluding carboxylic acids is 2. The molecule has 2 aliphatic rings. The number of fused-ring (bicyclic) bond motifs is 1. The Kier molecular flexibility index (Phi) is 3.25. The van der Waals surface area contributed by atoms with Crippen LogP contribution in [0.3, 0.4) is 0 Å². The van der Waals surface area contributed by atoms with Gasteiger partial charge in [0.25, 0.3) is 0 Å². The summed E-state index contributed by atoms with van der Waals surface area (Å²) in [5.41, 5.74) is -0.122. The Labute approximate surface area is 133 Å². The SMILES string of the molecule is C[C@@]12C=C(Br)C(=O)C(Br)[C@@H]1N(c1ccccc1)C(=O)O2. The highest BCUT2D eigenvalue weighted by molar-refractivity contribution is 9.12. The Bertz CT molecular complexity index is 616. The number of ether oxygens (including phenoxy) is 1. The standard InChI is InChI=1S/C14H11Br2NO3/c1-14-7-9(15)11(18)10(16)12(14)17(13(19)20-14)8-5-3-2-4-6-8/h2-7,10,12H,1H3/t10?,12-,14+/m0/s1. The molecule has 4 nitrogen and oxygen atoms in total. The van der Waals surface area contributed by atoms with Gasteiger partial charge in [0.1, 0.15) is 10.9 Å². The quantitative estimate of drug-likeness (QED) is 0.678. The number of anilines is 1. The van der Waals surface area contributed by atoms with Crippen molar-refractivity contribution >= 4 is 49.4 Å². The van der Waals surface area contributed by atoms with E-state index in [1.165, 1.54) is 4.90 Å². The van der Waals surface area contributed by atoms with E-state index in [0.29, 0.717) is 4.48 Å². The van der Waals surface area contributed by atoms with Crippen LogP contribution in [-0.2, 0) is 9.53 Å². The van der Waals surface area contributed by atoms with Crippen LogP contribution in [0.15, 0.2) is 40.9 Å². The number of carbonyl (C=O) groups is 2.